The summed E-state index contributed by atoms with van der Waals surface area (Å²) in [6, 6.07) is 11.0. The lowest BCUT2D eigenvalue weighted by Crippen LogP contribution is -2.43. The summed E-state index contributed by atoms with van der Waals surface area (Å²) >= 11 is 1.34. The van der Waals surface area contributed by atoms with E-state index in [1.807, 2.05) is 38.1 Å². The molecule has 0 amide bonds. The monoisotopic (exact) mass is 338 g/mol. The molecule has 0 saturated carbocycles. The Morgan fingerprint density at radius 1 is 1.00 bits per heavy atom. The fourth-order valence-corrected chi connectivity index (χ4v) is 3.73. The molecule has 0 unspecified atom stereocenters. The molecule has 0 aliphatic carbocycles. The van der Waals surface area contributed by atoms with Crippen LogP contribution in [0.3, 0.4) is 0 Å². The third-order valence-corrected chi connectivity index (χ3v) is 5.23. The Balaban J connectivity index is 2.10. The number of para-hydroxylation sites is 1. The van der Waals surface area contributed by atoms with Crippen molar-refractivity contribution in [1.82, 2.24) is 4.98 Å². The number of hydrogen-bond donors (Lipinski definition) is 1. The van der Waals surface area contributed by atoms with E-state index in [1.165, 1.54) is 11.3 Å². The second-order valence-electron chi connectivity index (χ2n) is 5.73. The van der Waals surface area contributed by atoms with Crippen molar-refractivity contribution in [3.63, 3.8) is 0 Å². The van der Waals surface area contributed by atoms with Gasteiger partial charge >= 0.3 is 11.5 Å². The number of benzene rings is 2. The summed E-state index contributed by atoms with van der Waals surface area (Å²) in [7, 11) is 0. The van der Waals surface area contributed by atoms with Crippen LogP contribution in [0.5, 0.6) is 0 Å². The van der Waals surface area contributed by atoms with E-state index in [2.05, 4.69) is 4.98 Å². The Labute approximate surface area is 141 Å². The molecule has 0 atom stereocenters. The Hall–Kier alpha value is -2.93. The van der Waals surface area contributed by atoms with E-state index >= 15 is 0 Å². The molecule has 6 nitrogen and oxygen atoms in total. The van der Waals surface area contributed by atoms with Crippen LogP contribution in [0.25, 0.3) is 32.0 Å². The maximum absolute atomic E-state index is 12.9. The number of nitrogen functional groups attached to an aromatic ring is 1. The molecular formula is C17H14N4O2S. The van der Waals surface area contributed by atoms with Gasteiger partial charge in [-0.1, -0.05) is 12.1 Å². The minimum Gasteiger partial charge on any atom is -0.710 e. The van der Waals surface area contributed by atoms with E-state index in [-0.39, 0.29) is 22.5 Å². The molecule has 0 fully saturated rings. The number of fused-ring (bicyclic) bond motifs is 2. The number of aromatic nitrogens is 3. The molecule has 2 aromatic carbocycles. The van der Waals surface area contributed by atoms with Crippen LogP contribution in [0.15, 0.2) is 36.4 Å². The molecule has 2 heterocycles. The summed E-state index contributed by atoms with van der Waals surface area (Å²) in [6.45, 7) is 3.79. The maximum atomic E-state index is 12.9. The summed E-state index contributed by atoms with van der Waals surface area (Å²) in [5.41, 5.74) is 9.27. The Kier molecular flexibility index (Phi) is 3.07. The number of rotatable bonds is 1. The Morgan fingerprint density at radius 3 is 2.29 bits per heavy atom. The summed E-state index contributed by atoms with van der Waals surface area (Å²) < 4.78 is 2.25. The zero-order valence-electron chi connectivity index (χ0n) is 13.1. The fourth-order valence-electron chi connectivity index (χ4n) is 2.73. The first-order valence-corrected chi connectivity index (χ1v) is 8.20. The first-order valence-electron chi connectivity index (χ1n) is 7.39. The van der Waals surface area contributed by atoms with Gasteiger partial charge in [0.15, 0.2) is 5.01 Å². The van der Waals surface area contributed by atoms with Crippen LogP contribution in [0, 0.1) is 24.3 Å². The standard InChI is InChI=1S/C17H14N4O2S/c1-9-7-12-13(8-10(9)2)21(23)16(18)15(20(12)22)17-19-11-5-3-4-6-14(11)24-17/h3-8H,18H2,1-2H3. The predicted octanol–water partition coefficient (Wildman–Crippen LogP) is 2.58. The quantitative estimate of drug-likeness (QED) is 0.426. The zero-order chi connectivity index (χ0) is 17.0. The Bertz CT molecular complexity index is 1090. The van der Waals surface area contributed by atoms with Crippen LogP contribution in [0.4, 0.5) is 5.82 Å². The third-order valence-electron chi connectivity index (χ3n) is 4.19. The lowest BCUT2D eigenvalue weighted by Gasteiger charge is -2.13. The second kappa shape index (κ2) is 5.04. The van der Waals surface area contributed by atoms with E-state index in [1.54, 1.807) is 12.1 Å². The van der Waals surface area contributed by atoms with Crippen molar-refractivity contribution in [1.29, 1.82) is 0 Å². The first-order chi connectivity index (χ1) is 11.5. The van der Waals surface area contributed by atoms with Gasteiger partial charge in [-0.15, -0.1) is 11.3 Å². The van der Waals surface area contributed by atoms with Crippen molar-refractivity contribution in [3.8, 4) is 10.7 Å². The van der Waals surface area contributed by atoms with Gasteiger partial charge in [0.2, 0.25) is 5.52 Å². The highest BCUT2D eigenvalue weighted by Crippen LogP contribution is 2.31. The molecule has 4 aromatic rings. The van der Waals surface area contributed by atoms with Gasteiger partial charge in [0, 0.05) is 6.07 Å². The highest BCUT2D eigenvalue weighted by atomic mass is 32.1. The lowest BCUT2D eigenvalue weighted by atomic mass is 10.1. The van der Waals surface area contributed by atoms with Crippen LogP contribution in [0.1, 0.15) is 11.1 Å². The van der Waals surface area contributed by atoms with Gasteiger partial charge in [0.1, 0.15) is 0 Å². The van der Waals surface area contributed by atoms with E-state index in [4.69, 9.17) is 5.73 Å². The van der Waals surface area contributed by atoms with Crippen LogP contribution in [-0.4, -0.2) is 4.98 Å². The number of nitrogens with two attached hydrogens (primary N) is 1. The average molecular weight is 338 g/mol. The highest BCUT2D eigenvalue weighted by molar-refractivity contribution is 7.21. The minimum absolute atomic E-state index is 0.0990. The molecule has 0 bridgehead atoms. The second-order valence-corrected chi connectivity index (χ2v) is 6.77. The smallest absolute Gasteiger partial charge is 0.354 e. The topological polar surface area (TPSA) is 92.8 Å². The van der Waals surface area contributed by atoms with E-state index in [9.17, 15) is 10.4 Å². The van der Waals surface area contributed by atoms with Crippen LogP contribution in [0.2, 0.25) is 0 Å². The molecule has 2 aromatic heterocycles. The van der Waals surface area contributed by atoms with Crippen LogP contribution >= 0.6 is 11.3 Å². The molecule has 0 radical (unpaired) electrons. The van der Waals surface area contributed by atoms with Crippen molar-refractivity contribution in [3.05, 3.63) is 57.9 Å². The first kappa shape index (κ1) is 14.6. The zero-order valence-corrected chi connectivity index (χ0v) is 13.9. The third kappa shape index (κ3) is 1.98. The SMILES string of the molecule is Cc1cc2c(cc1C)[n+]([O-])c(-c1nc3ccccc3s1)c(N)[n+]2[O-]. The van der Waals surface area contributed by atoms with Gasteiger partial charge < -0.3 is 10.4 Å². The molecule has 2 N–H and O–H groups in total. The summed E-state index contributed by atoms with van der Waals surface area (Å²) in [6.07, 6.45) is 0. The van der Waals surface area contributed by atoms with Gasteiger partial charge in [-0.3, -0.25) is 5.73 Å². The molecule has 24 heavy (non-hydrogen) atoms. The van der Waals surface area contributed by atoms with Gasteiger partial charge in [0.05, 0.1) is 10.2 Å². The molecule has 7 heteroatoms. The number of thiazole rings is 1. The normalized spacial score (nSPS) is 11.4. The van der Waals surface area contributed by atoms with Crippen LogP contribution in [-0.2, 0) is 0 Å². The summed E-state index contributed by atoms with van der Waals surface area (Å²) in [5.74, 6) is -0.139. The van der Waals surface area contributed by atoms with E-state index in [0.717, 1.165) is 21.3 Å². The maximum Gasteiger partial charge on any atom is 0.354 e. The number of aryl methyl sites for hydroxylation is 2. The van der Waals surface area contributed by atoms with Gasteiger partial charge in [-0.05, 0) is 43.2 Å². The number of anilines is 1. The highest BCUT2D eigenvalue weighted by Gasteiger charge is 2.28. The molecule has 4 rings (SSSR count). The fraction of sp³-hybridized carbons (Fsp3) is 0.118. The molecule has 0 aliphatic rings. The minimum atomic E-state index is -0.139. The number of hydrogen-bond acceptors (Lipinski definition) is 5. The largest absolute Gasteiger partial charge is 0.710 e. The van der Waals surface area contributed by atoms with Crippen molar-refractivity contribution in [2.75, 3.05) is 5.73 Å². The van der Waals surface area contributed by atoms with E-state index < -0.39 is 0 Å². The van der Waals surface area contributed by atoms with Crippen molar-refractivity contribution in [2.45, 2.75) is 13.8 Å². The lowest BCUT2D eigenvalue weighted by molar-refractivity contribution is -0.609. The van der Waals surface area contributed by atoms with Crippen molar-refractivity contribution in [2.24, 2.45) is 0 Å². The van der Waals surface area contributed by atoms with Crippen molar-refractivity contribution >= 4 is 38.4 Å². The summed E-state index contributed by atoms with van der Waals surface area (Å²) in [4.78, 5) is 4.46. The molecular weight excluding hydrogens is 324 g/mol. The predicted molar refractivity (Wildman–Crippen MR) is 94.4 cm³/mol. The van der Waals surface area contributed by atoms with Gasteiger partial charge in [-0.25, -0.2) is 9.71 Å². The van der Waals surface area contributed by atoms with Crippen LogP contribution < -0.4 is 15.2 Å². The van der Waals surface area contributed by atoms with Crippen molar-refractivity contribution < 1.29 is 9.46 Å². The van der Waals surface area contributed by atoms with Gasteiger partial charge in [-0.2, -0.15) is 4.73 Å². The number of nitrogens with zero attached hydrogens (tertiary/aromatic N) is 3. The molecule has 0 aliphatic heterocycles. The van der Waals surface area contributed by atoms with Gasteiger partial charge in [0.25, 0.3) is 5.52 Å². The van der Waals surface area contributed by atoms with E-state index in [0.29, 0.717) is 14.5 Å². The summed E-state index contributed by atoms with van der Waals surface area (Å²) in [5, 5.41) is 25.9. The Morgan fingerprint density at radius 2 is 1.62 bits per heavy atom. The molecule has 120 valence electrons. The molecule has 0 spiro atoms. The average Bonchev–Trinajstić information content (AvgIpc) is 2.98. The molecule has 0 saturated heterocycles.